The molecule has 0 spiro atoms. The number of carboxylic acid groups (broad SMARTS) is 3. The number of likely N-dealkylation sites (tertiary alicyclic amines) is 2. The van der Waals surface area contributed by atoms with Crippen LogP contribution in [-0.4, -0.2) is 115 Å². The minimum Gasteiger partial charge on any atom is -0.475 e. The van der Waals surface area contributed by atoms with Crippen LogP contribution in [0.3, 0.4) is 0 Å². The fraction of sp³-hybridized carbons (Fsp3) is 0.514. The fourth-order valence-electron chi connectivity index (χ4n) is 6.21. The van der Waals surface area contributed by atoms with Gasteiger partial charge in [-0.3, -0.25) is 0 Å². The van der Waals surface area contributed by atoms with Crippen LogP contribution in [0.15, 0.2) is 36.4 Å². The second kappa shape index (κ2) is 19.1. The minimum absolute atomic E-state index is 0.643. The number of benzene rings is 2. The van der Waals surface area contributed by atoms with Gasteiger partial charge in [0, 0.05) is 12.6 Å². The Hall–Kier alpha value is -4.50. The summed E-state index contributed by atoms with van der Waals surface area (Å²) in [4.78, 5) is 45.5. The second-order valence-electron chi connectivity index (χ2n) is 13.5. The third kappa shape index (κ3) is 13.6. The summed E-state index contributed by atoms with van der Waals surface area (Å²) in [6, 6.07) is 13.8. The zero-order chi connectivity index (χ0) is 42.2. The normalized spacial score (nSPS) is 16.4. The van der Waals surface area contributed by atoms with Gasteiger partial charge >= 0.3 is 36.4 Å². The van der Waals surface area contributed by atoms with Gasteiger partial charge in [0.15, 0.2) is 10.8 Å². The number of aromatic nitrogens is 3. The maximum absolute atomic E-state index is 10.6. The standard InChI is InChI=1S/C29H37N5S.3C2HF3O2/c1-19(2)18-33-12-10-23(11-13-33)34-14-8-21(9-15-34)22-16-20(3)27-25(17-22)30-28(32-27)29-31-24-6-4-5-7-26(24)35-29;3*3-2(4,5)1(6)7/h4-7,16-17,19,21,23H,8-15,18H2,1-3H3,(H,30,32);3*(H,6,7). The molecule has 6 rings (SSSR count). The van der Waals surface area contributed by atoms with E-state index < -0.39 is 36.4 Å². The number of piperidine rings is 2. The number of H-pyrrole nitrogens is 1. The molecule has 0 saturated carbocycles. The Balaban J connectivity index is 0.000000329. The molecule has 2 aliphatic rings. The zero-order valence-corrected chi connectivity index (χ0v) is 31.0. The number of imidazole rings is 1. The number of aryl methyl sites for hydroxylation is 1. The Kier molecular flexibility index (Phi) is 15.6. The summed E-state index contributed by atoms with van der Waals surface area (Å²) >= 11 is 1.71. The van der Waals surface area contributed by atoms with Gasteiger partial charge in [0.25, 0.3) is 0 Å². The molecule has 0 radical (unpaired) electrons. The smallest absolute Gasteiger partial charge is 0.475 e. The lowest BCUT2D eigenvalue weighted by atomic mass is 9.87. The van der Waals surface area contributed by atoms with Crippen molar-refractivity contribution in [3.63, 3.8) is 0 Å². The molecule has 2 saturated heterocycles. The van der Waals surface area contributed by atoms with Crippen molar-refractivity contribution in [2.45, 2.75) is 76.9 Å². The van der Waals surface area contributed by atoms with Crippen LogP contribution in [0.25, 0.3) is 32.1 Å². The fourth-order valence-corrected chi connectivity index (χ4v) is 7.12. The molecule has 2 aliphatic heterocycles. The molecule has 0 atom stereocenters. The number of halogens is 9. The lowest BCUT2D eigenvalue weighted by Crippen LogP contribution is -2.48. The van der Waals surface area contributed by atoms with Gasteiger partial charge in [-0.15, -0.1) is 11.3 Å². The molecular weight excluding hydrogens is 789 g/mol. The number of nitrogens with zero attached hydrogens (tertiary/aromatic N) is 4. The Morgan fingerprint density at radius 3 is 1.77 bits per heavy atom. The third-order valence-electron chi connectivity index (χ3n) is 8.72. The summed E-state index contributed by atoms with van der Waals surface area (Å²) < 4.78 is 96.4. The highest BCUT2D eigenvalue weighted by Gasteiger charge is 2.39. The van der Waals surface area contributed by atoms with E-state index in [1.54, 1.807) is 11.3 Å². The number of carbonyl (C=O) groups is 3. The van der Waals surface area contributed by atoms with E-state index in [-0.39, 0.29) is 0 Å². The van der Waals surface area contributed by atoms with Crippen molar-refractivity contribution in [3.05, 3.63) is 47.5 Å². The Morgan fingerprint density at radius 2 is 1.30 bits per heavy atom. The summed E-state index contributed by atoms with van der Waals surface area (Å²) in [5.41, 5.74) is 6.01. The van der Waals surface area contributed by atoms with Gasteiger partial charge in [-0.2, -0.15) is 39.5 Å². The van der Waals surface area contributed by atoms with Crippen LogP contribution < -0.4 is 0 Å². The van der Waals surface area contributed by atoms with Crippen molar-refractivity contribution in [2.75, 3.05) is 32.7 Å². The number of carboxylic acids is 3. The number of rotatable bonds is 5. The molecular formula is C35H40F9N5O6S. The zero-order valence-electron chi connectivity index (χ0n) is 30.2. The van der Waals surface area contributed by atoms with Gasteiger partial charge in [-0.05, 0) is 99.9 Å². The molecule has 4 aromatic rings. The van der Waals surface area contributed by atoms with Gasteiger partial charge in [0.05, 0.1) is 21.3 Å². The van der Waals surface area contributed by atoms with Crippen LogP contribution >= 0.6 is 11.3 Å². The van der Waals surface area contributed by atoms with E-state index >= 15 is 0 Å². The molecule has 4 heterocycles. The number of hydrogen-bond donors (Lipinski definition) is 4. The van der Waals surface area contributed by atoms with Gasteiger partial charge < -0.3 is 30.1 Å². The maximum atomic E-state index is 10.6. The summed E-state index contributed by atoms with van der Waals surface area (Å²) in [6.45, 7) is 13.1. The summed E-state index contributed by atoms with van der Waals surface area (Å²) in [7, 11) is 0. The van der Waals surface area contributed by atoms with Crippen molar-refractivity contribution in [3.8, 4) is 10.8 Å². The molecule has 56 heavy (non-hydrogen) atoms. The highest BCUT2D eigenvalue weighted by Crippen LogP contribution is 2.35. The van der Waals surface area contributed by atoms with Crippen molar-refractivity contribution >= 4 is 50.5 Å². The molecule has 2 aromatic carbocycles. The van der Waals surface area contributed by atoms with Crippen LogP contribution in [0.2, 0.25) is 0 Å². The van der Waals surface area contributed by atoms with Gasteiger partial charge in [0.2, 0.25) is 0 Å². The van der Waals surface area contributed by atoms with Gasteiger partial charge in [-0.1, -0.05) is 32.0 Å². The van der Waals surface area contributed by atoms with E-state index in [0.29, 0.717) is 5.92 Å². The van der Waals surface area contributed by atoms with Crippen molar-refractivity contribution in [1.82, 2.24) is 24.8 Å². The first-order valence-corrected chi connectivity index (χ1v) is 17.9. The first kappa shape index (κ1) is 45.9. The number of fused-ring (bicyclic) bond motifs is 2. The maximum Gasteiger partial charge on any atom is 0.490 e. The molecule has 21 heteroatoms. The number of aliphatic carboxylic acids is 3. The van der Waals surface area contributed by atoms with Crippen LogP contribution in [-0.2, 0) is 14.4 Å². The number of aromatic amines is 1. The summed E-state index contributed by atoms with van der Waals surface area (Å²) in [5, 5.41) is 22.3. The van der Waals surface area contributed by atoms with E-state index in [9.17, 15) is 39.5 Å². The molecule has 2 fully saturated rings. The molecule has 0 aliphatic carbocycles. The predicted octanol–water partition coefficient (Wildman–Crippen LogP) is 8.35. The Morgan fingerprint density at radius 1 is 0.804 bits per heavy atom. The lowest BCUT2D eigenvalue weighted by molar-refractivity contribution is -0.193. The average Bonchev–Trinajstić information content (AvgIpc) is 3.73. The number of alkyl halides is 9. The number of thiazole rings is 1. The van der Waals surface area contributed by atoms with Crippen molar-refractivity contribution in [1.29, 1.82) is 0 Å². The van der Waals surface area contributed by atoms with E-state index in [2.05, 4.69) is 65.9 Å². The topological polar surface area (TPSA) is 160 Å². The Labute approximate surface area is 318 Å². The molecule has 310 valence electrons. The van der Waals surface area contributed by atoms with Crippen molar-refractivity contribution in [2.24, 2.45) is 5.92 Å². The van der Waals surface area contributed by atoms with E-state index in [1.807, 2.05) is 6.07 Å². The monoisotopic (exact) mass is 829 g/mol. The highest BCUT2D eigenvalue weighted by molar-refractivity contribution is 7.21. The molecule has 0 bridgehead atoms. The first-order valence-electron chi connectivity index (χ1n) is 17.1. The molecule has 0 unspecified atom stereocenters. The Bertz CT molecular complexity index is 1840. The van der Waals surface area contributed by atoms with Crippen LogP contribution in [0.5, 0.6) is 0 Å². The number of nitrogens with one attached hydrogen (secondary N) is 1. The van der Waals surface area contributed by atoms with E-state index in [0.717, 1.165) is 39.3 Å². The molecule has 0 amide bonds. The van der Waals surface area contributed by atoms with Gasteiger partial charge in [0.1, 0.15) is 0 Å². The SMILES string of the molecule is Cc1cc(C2CCN(C3CCN(CC(C)C)CC3)CC2)cc2[nH]c(-c3nc4ccccc4s3)nc12.O=C(O)C(F)(F)F.O=C(O)C(F)(F)F.O=C(O)C(F)(F)F. The number of hydrogen-bond acceptors (Lipinski definition) is 8. The molecule has 2 aromatic heterocycles. The summed E-state index contributed by atoms with van der Waals surface area (Å²) in [6.07, 6.45) is -10.1. The molecule has 11 nitrogen and oxygen atoms in total. The van der Waals surface area contributed by atoms with Crippen molar-refractivity contribution < 1.29 is 69.2 Å². The summed E-state index contributed by atoms with van der Waals surface area (Å²) in [5.74, 6) is -5.97. The average molecular weight is 830 g/mol. The van der Waals surface area contributed by atoms with E-state index in [1.165, 1.54) is 74.2 Å². The highest BCUT2D eigenvalue weighted by atomic mass is 32.1. The second-order valence-corrected chi connectivity index (χ2v) is 14.5. The van der Waals surface area contributed by atoms with Crippen LogP contribution in [0, 0.1) is 12.8 Å². The van der Waals surface area contributed by atoms with E-state index in [4.69, 9.17) is 39.7 Å². The van der Waals surface area contributed by atoms with Gasteiger partial charge in [-0.25, -0.2) is 24.4 Å². The van der Waals surface area contributed by atoms with Crippen LogP contribution in [0.1, 0.15) is 56.6 Å². The largest absolute Gasteiger partial charge is 0.490 e. The minimum atomic E-state index is -5.08. The van der Waals surface area contributed by atoms with Crippen LogP contribution in [0.4, 0.5) is 39.5 Å². The quantitative estimate of drug-likeness (QED) is 0.144. The molecule has 4 N–H and O–H groups in total. The number of para-hydroxylation sites is 1. The third-order valence-corrected chi connectivity index (χ3v) is 9.76. The lowest BCUT2D eigenvalue weighted by Gasteiger charge is -2.42. The first-order chi connectivity index (χ1) is 25.9. The predicted molar refractivity (Wildman–Crippen MR) is 188 cm³/mol.